The van der Waals surface area contributed by atoms with Gasteiger partial charge in [-0.2, -0.15) is 0 Å². The molecule has 2 fully saturated rings. The first-order valence-electron chi connectivity index (χ1n) is 25.0. The summed E-state index contributed by atoms with van der Waals surface area (Å²) in [5.74, 6) is -1.81. The fraction of sp³-hybridized carbons (Fsp3) is 0.958. The third-order valence-electron chi connectivity index (χ3n) is 11.9. The second-order valence-electron chi connectivity index (χ2n) is 17.7. The second kappa shape index (κ2) is 46.9. The van der Waals surface area contributed by atoms with Gasteiger partial charge in [-0.25, -0.2) is 0 Å². The van der Waals surface area contributed by atoms with Gasteiger partial charge in [0, 0.05) is 11.9 Å². The molecule has 2 heterocycles. The first-order valence-corrected chi connectivity index (χ1v) is 25.0. The quantitative estimate of drug-likeness (QED) is 0.0330. The summed E-state index contributed by atoms with van der Waals surface area (Å²) in [4.78, 5) is 20.4. The molecule has 0 aromatic heterocycles. The second-order valence-corrected chi connectivity index (χ2v) is 17.7. The molecule has 0 saturated carbocycles. The fourth-order valence-corrected chi connectivity index (χ4v) is 7.85. The number of hydrogen-bond acceptors (Lipinski definition) is 15. The van der Waals surface area contributed by atoms with Crippen LogP contribution in [-0.2, 0) is 23.8 Å². The Bertz CT molecular complexity index is 999. The van der Waals surface area contributed by atoms with Gasteiger partial charge in [0.15, 0.2) is 12.6 Å². The Labute approximate surface area is 407 Å². The number of carbonyl (C=O) groups is 2. The molecule has 10 N–H and O–H groups in total. The summed E-state index contributed by atoms with van der Waals surface area (Å²) in [6.45, 7) is 3.19. The van der Waals surface area contributed by atoms with Crippen LogP contribution >= 0.6 is 0 Å². The Hall–Kier alpha value is -0.774. The maximum absolute atomic E-state index is 10.2. The van der Waals surface area contributed by atoms with Crippen molar-refractivity contribution in [1.82, 2.24) is 0 Å². The average molecular weight is 952 g/mol. The van der Waals surface area contributed by atoms with E-state index in [0.29, 0.717) is 0 Å². The SMILES string of the molecule is CCCCCCCCCCCCCCCCCC(=O)[O-].CCCCCCCCCCCCCCCCCC(=O)[O-].O.OC[C@H]1O[C@@H](O[C@H]2[C@H](O)[C@@H](O)[C@H](O)O[C@@H]2CO)[C@H](O)[C@@H](O)[C@H]1O.[Mg+2]. The molecule has 0 aromatic rings. The summed E-state index contributed by atoms with van der Waals surface area (Å²) in [6, 6.07) is 0. The Morgan fingerprint density at radius 1 is 0.431 bits per heavy atom. The molecule has 0 aliphatic carbocycles. The van der Waals surface area contributed by atoms with Crippen LogP contribution in [0.15, 0.2) is 0 Å². The summed E-state index contributed by atoms with van der Waals surface area (Å²) in [6.07, 6.45) is 24.1. The minimum atomic E-state index is -1.74. The van der Waals surface area contributed by atoms with E-state index in [2.05, 4.69) is 13.8 Å². The molecule has 0 aromatic carbocycles. The van der Waals surface area contributed by atoms with Crippen molar-refractivity contribution in [3.8, 4) is 0 Å². The van der Waals surface area contributed by atoms with Crippen LogP contribution in [-0.4, -0.2) is 156 Å². The maximum Gasteiger partial charge on any atom is 2.00 e. The minimum Gasteiger partial charge on any atom is -0.550 e. The van der Waals surface area contributed by atoms with Crippen LogP contribution in [0.2, 0.25) is 0 Å². The van der Waals surface area contributed by atoms with Crippen LogP contribution in [0.5, 0.6) is 0 Å². The van der Waals surface area contributed by atoms with Crippen LogP contribution in [0.1, 0.15) is 219 Å². The standard InChI is InChI=1S/2C18H36O2.C12H22O11.Mg.H2O/c2*1-2-3-4-5-6-7-8-9-10-11-12-13-14-15-16-17-18(19)20;13-1-3-5(15)6(16)9(19)12(22-3)23-10-4(2-14)21-11(20)8(18)7(10)17;;/h2*2-17H2,1H3,(H,19,20);3-20H,1-2H2;;1H2/q;;;+2;/p-2/t;;3-,4-,5+,6+,7-,8-,9-,10-,11-,12+;;/m..1../s1. The molecule has 0 spiro atoms. The molecule has 2 saturated heterocycles. The molecule has 2 aliphatic heterocycles. The zero-order chi connectivity index (χ0) is 47.1. The van der Waals surface area contributed by atoms with Gasteiger partial charge in [0.1, 0.15) is 48.8 Å². The van der Waals surface area contributed by atoms with Gasteiger partial charge >= 0.3 is 23.1 Å². The van der Waals surface area contributed by atoms with Gasteiger partial charge in [-0.1, -0.05) is 194 Å². The predicted molar refractivity (Wildman–Crippen MR) is 247 cm³/mol. The number of aliphatic hydroxyl groups is 8. The van der Waals surface area contributed by atoms with Crippen LogP contribution in [0.25, 0.3) is 0 Å². The number of hydrogen-bond donors (Lipinski definition) is 8. The van der Waals surface area contributed by atoms with E-state index in [0.717, 1.165) is 25.7 Å². The van der Waals surface area contributed by atoms with Crippen molar-refractivity contribution in [2.45, 2.75) is 281 Å². The molecule has 16 nitrogen and oxygen atoms in total. The van der Waals surface area contributed by atoms with Crippen molar-refractivity contribution in [2.75, 3.05) is 13.2 Å². The Kier molecular flexibility index (Phi) is 49.5. The summed E-state index contributed by atoms with van der Waals surface area (Å²) >= 11 is 0. The fourth-order valence-electron chi connectivity index (χ4n) is 7.85. The zero-order valence-corrected chi connectivity index (χ0v) is 41.9. The molecular formula is C48H94MgO16. The van der Waals surface area contributed by atoms with Crippen molar-refractivity contribution < 1.29 is 80.3 Å². The van der Waals surface area contributed by atoms with E-state index < -0.39 is 86.6 Å². The molecule has 0 amide bonds. The molecule has 2 aliphatic rings. The topological polar surface area (TPSA) is 301 Å². The largest absolute Gasteiger partial charge is 2.00 e. The number of carboxylic acids is 2. The first kappa shape index (κ1) is 68.5. The van der Waals surface area contributed by atoms with E-state index in [1.807, 2.05) is 0 Å². The van der Waals surface area contributed by atoms with E-state index in [4.69, 9.17) is 19.3 Å². The van der Waals surface area contributed by atoms with Crippen LogP contribution in [0.4, 0.5) is 0 Å². The summed E-state index contributed by atoms with van der Waals surface area (Å²) in [7, 11) is 0. The third kappa shape index (κ3) is 35.9. The number of carboxylic acid groups (broad SMARTS) is 2. The summed E-state index contributed by atoms with van der Waals surface area (Å²) in [5.41, 5.74) is 0. The van der Waals surface area contributed by atoms with E-state index in [1.54, 1.807) is 0 Å². The van der Waals surface area contributed by atoms with Crippen molar-refractivity contribution in [3.63, 3.8) is 0 Å². The number of unbranched alkanes of at least 4 members (excludes halogenated alkanes) is 28. The van der Waals surface area contributed by atoms with Crippen LogP contribution in [0, 0.1) is 0 Å². The molecule has 65 heavy (non-hydrogen) atoms. The number of aliphatic hydroxyl groups excluding tert-OH is 8. The Morgan fingerprint density at radius 2 is 0.738 bits per heavy atom. The Morgan fingerprint density at radius 3 is 1.03 bits per heavy atom. The summed E-state index contributed by atoms with van der Waals surface area (Å²) in [5, 5.41) is 96.9. The van der Waals surface area contributed by atoms with Crippen molar-refractivity contribution in [2.24, 2.45) is 0 Å². The molecule has 0 radical (unpaired) electrons. The van der Waals surface area contributed by atoms with Crippen LogP contribution in [0.3, 0.4) is 0 Å². The van der Waals surface area contributed by atoms with Gasteiger partial charge in [0.2, 0.25) is 0 Å². The van der Waals surface area contributed by atoms with Gasteiger partial charge in [0.25, 0.3) is 0 Å². The van der Waals surface area contributed by atoms with Gasteiger partial charge in [0.05, 0.1) is 13.2 Å². The summed E-state index contributed by atoms with van der Waals surface area (Å²) < 4.78 is 15.3. The average Bonchev–Trinajstić information content (AvgIpc) is 3.26. The maximum atomic E-state index is 10.2. The smallest absolute Gasteiger partial charge is 0.550 e. The number of carbonyl (C=O) groups excluding carboxylic acids is 2. The first-order chi connectivity index (χ1) is 30.4. The molecular weight excluding hydrogens is 857 g/mol. The monoisotopic (exact) mass is 951 g/mol. The van der Waals surface area contributed by atoms with Crippen molar-refractivity contribution >= 4 is 35.0 Å². The van der Waals surface area contributed by atoms with E-state index in [-0.39, 0.29) is 41.4 Å². The normalized spacial score (nSPS) is 25.0. The minimum absolute atomic E-state index is 0. The number of rotatable bonds is 36. The zero-order valence-electron chi connectivity index (χ0n) is 40.5. The number of ether oxygens (including phenoxy) is 3. The van der Waals surface area contributed by atoms with Gasteiger partial charge in [-0.15, -0.1) is 0 Å². The predicted octanol–water partition coefficient (Wildman–Crippen LogP) is 3.39. The van der Waals surface area contributed by atoms with Gasteiger partial charge in [-0.3, -0.25) is 0 Å². The van der Waals surface area contributed by atoms with E-state index in [1.165, 1.54) is 167 Å². The third-order valence-corrected chi connectivity index (χ3v) is 11.9. The van der Waals surface area contributed by atoms with Crippen LogP contribution < -0.4 is 10.2 Å². The van der Waals surface area contributed by atoms with E-state index >= 15 is 0 Å². The molecule has 384 valence electrons. The number of aliphatic carboxylic acids is 2. The molecule has 0 unspecified atom stereocenters. The van der Waals surface area contributed by atoms with Crippen molar-refractivity contribution in [3.05, 3.63) is 0 Å². The Balaban J connectivity index is -0.000000878. The molecule has 0 bridgehead atoms. The van der Waals surface area contributed by atoms with Gasteiger partial charge < -0.3 is 80.3 Å². The molecule has 10 atom stereocenters. The van der Waals surface area contributed by atoms with Crippen molar-refractivity contribution in [1.29, 1.82) is 0 Å². The van der Waals surface area contributed by atoms with E-state index in [9.17, 15) is 55.5 Å². The molecule has 2 rings (SSSR count). The van der Waals surface area contributed by atoms with Gasteiger partial charge in [-0.05, 0) is 25.7 Å². The molecule has 17 heteroatoms.